The third-order valence-electron chi connectivity index (χ3n) is 16.1. The van der Waals surface area contributed by atoms with Crippen LogP contribution in [-0.4, -0.2) is 193 Å². The van der Waals surface area contributed by atoms with Gasteiger partial charge >= 0.3 is 0 Å². The monoisotopic (exact) mass is 1360 g/mol. The molecule has 0 radical (unpaired) electrons. The highest BCUT2D eigenvalue weighted by Gasteiger charge is 2.38. The third-order valence-corrected chi connectivity index (χ3v) is 16.1. The molecule has 0 aromatic heterocycles. The Morgan fingerprint density at radius 2 is 1.01 bits per heavy atom. The topological polar surface area (TPSA) is 520 Å². The quantitative estimate of drug-likeness (QED) is 0.0303. The molecule has 3 rings (SSSR count). The normalized spacial score (nSPS) is 21.1. The van der Waals surface area contributed by atoms with Crippen LogP contribution in [-0.2, 0) is 70.4 Å². The van der Waals surface area contributed by atoms with Crippen molar-refractivity contribution in [1.82, 2.24) is 58.5 Å². The molecule has 31 heteroatoms. The van der Waals surface area contributed by atoms with Gasteiger partial charge in [0.2, 0.25) is 70.9 Å². The van der Waals surface area contributed by atoms with Crippen LogP contribution in [0.4, 0.5) is 5.69 Å². The Hall–Kier alpha value is -8.20. The fraction of sp³-hybridized carbons (Fsp3) is 0.636. The van der Waals surface area contributed by atoms with Gasteiger partial charge in [-0.25, -0.2) is 0 Å². The van der Waals surface area contributed by atoms with Crippen molar-refractivity contribution >= 4 is 76.6 Å². The molecule has 0 unspecified atom stereocenters. The minimum atomic E-state index is -1.77. The number of aliphatic hydroxyl groups is 2. The first-order valence-electron chi connectivity index (χ1n) is 33.9. The Balaban J connectivity index is 1.95. The predicted molar refractivity (Wildman–Crippen MR) is 364 cm³/mol. The van der Waals surface area contributed by atoms with E-state index in [0.717, 1.165) is 25.7 Å². The lowest BCUT2D eigenvalue weighted by atomic mass is 10.00. The van der Waals surface area contributed by atoms with Gasteiger partial charge in [0.05, 0.1) is 18.6 Å². The summed E-state index contributed by atoms with van der Waals surface area (Å²) in [6.45, 7) is 6.79. The Morgan fingerprint density at radius 3 is 1.54 bits per heavy atom. The molecule has 0 spiro atoms. The molecule has 2 aromatic rings. The summed E-state index contributed by atoms with van der Waals surface area (Å²) < 4.78 is 0. The largest absolute Gasteiger partial charge is 0.391 e. The van der Waals surface area contributed by atoms with Crippen LogP contribution in [0, 0.1) is 5.92 Å². The first kappa shape index (κ1) is 83.0. The van der Waals surface area contributed by atoms with Gasteiger partial charge in [-0.05, 0) is 127 Å². The Morgan fingerprint density at radius 1 is 0.515 bits per heavy atom. The minimum Gasteiger partial charge on any atom is -0.391 e. The number of hydrogen-bond acceptors (Lipinski definition) is 19. The van der Waals surface area contributed by atoms with Crippen LogP contribution < -0.4 is 92.5 Å². The highest BCUT2D eigenvalue weighted by molar-refractivity contribution is 5.99. The molecule has 1 fully saturated rings. The summed E-state index contributed by atoms with van der Waals surface area (Å²) in [5.74, 6) is -10.5. The van der Waals surface area contributed by atoms with Gasteiger partial charge in [-0.15, -0.1) is 0 Å². The summed E-state index contributed by atoms with van der Waals surface area (Å²) in [5.41, 5.74) is 31.2. The first-order valence-corrected chi connectivity index (χ1v) is 33.9. The summed E-state index contributed by atoms with van der Waals surface area (Å²) in [5, 5.41) is 52.7. The fourth-order valence-corrected chi connectivity index (χ4v) is 10.7. The number of carbonyl (C=O) groups excluding carboxylic acids is 12. The average Bonchev–Trinajstić information content (AvgIpc) is 1.11. The van der Waals surface area contributed by atoms with E-state index in [-0.39, 0.29) is 95.9 Å². The molecular formula is C66H109N17O14. The number of benzene rings is 2. The maximum absolute atomic E-state index is 14.6. The lowest BCUT2D eigenvalue weighted by molar-refractivity contribution is -0.137. The van der Waals surface area contributed by atoms with Crippen LogP contribution >= 0.6 is 0 Å². The molecule has 1 heterocycles. The smallest absolute Gasteiger partial charge is 0.245 e. The molecule has 2 aromatic carbocycles. The number of anilines is 1. The minimum absolute atomic E-state index is 0.0347. The lowest BCUT2D eigenvalue weighted by Crippen LogP contribution is -2.62. The first-order chi connectivity index (χ1) is 46.3. The molecule has 31 nitrogen and oxygen atoms in total. The SMILES string of the molecule is CCCCCCCCCCC(=O)Nc1ccc(CC(=O)N[C@@H](CCN)C(=O)N[C@H](C(=O)N[C@@H](CCN)C(=O)N[C@H]2CCNC(=O)[C@H]([C@@H](C)O)NC(=O)[C@H](CCN)NC(=O)[C@H](CCN)NC(=O)[C@H](CC(C)C)NC(=O)[C@@H](Cc3ccccc3)NC(=O)[C@H](CCN)NC2=O)[C@@H](C)O)cc1. The average molecular weight is 1360 g/mol. The number of amides is 12. The van der Waals surface area contributed by atoms with E-state index in [1.807, 2.05) is 0 Å². The number of nitrogens with two attached hydrogens (primary N) is 5. The van der Waals surface area contributed by atoms with Crippen LogP contribution in [0.25, 0.3) is 0 Å². The van der Waals surface area contributed by atoms with Crippen molar-refractivity contribution in [3.05, 3.63) is 65.7 Å². The van der Waals surface area contributed by atoms with Crippen LogP contribution in [0.5, 0.6) is 0 Å². The van der Waals surface area contributed by atoms with Gasteiger partial charge in [0, 0.05) is 25.1 Å². The molecule has 12 atom stereocenters. The standard InChI is InChI=1S/C66H109N17O14/c1-6-7-8-9-10-11-12-16-19-53(86)73-44-22-20-43(21-23-44)38-54(87)74-45(24-30-67)61(92)83-56(41(5)85)66(97)79-48(27-33-70)58(89)78-50-29-35-72-65(96)55(40(4)84)82-62(93)49(28-34-71)76-57(88)46(25-31-68)77-63(94)51(36-39(2)3)80-64(95)52(37-42-17-14-13-15-18-42)81-59(90)47(26-32-69)75-60(50)91/h13-15,17-18,20-23,39-41,45-52,55-56,84-85H,6-12,16,19,24-38,67-71H2,1-5H3,(H,72,96)(H,73,86)(H,74,87)(H,75,91)(H,76,88)(H,77,94)(H,78,89)(H,79,97)(H,80,95)(H,81,90)(H,82,93)(H,83,92)/t40-,41-,45+,46+,47+,48+,49+,50+,51+,52-,55+,56+/m1/s1. The molecular weight excluding hydrogens is 1250 g/mol. The zero-order chi connectivity index (χ0) is 72.0. The predicted octanol–water partition coefficient (Wildman–Crippen LogP) is -3.14. The second-order valence-electron chi connectivity index (χ2n) is 24.9. The summed E-state index contributed by atoms with van der Waals surface area (Å²) >= 11 is 0. The number of unbranched alkanes of at least 4 members (excludes halogenated alkanes) is 7. The number of nitrogens with one attached hydrogen (secondary N) is 12. The van der Waals surface area contributed by atoms with Crippen LogP contribution in [0.15, 0.2) is 54.6 Å². The molecule has 97 heavy (non-hydrogen) atoms. The second kappa shape index (κ2) is 45.3. The highest BCUT2D eigenvalue weighted by Crippen LogP contribution is 2.16. The Kier molecular flexibility index (Phi) is 38.8. The zero-order valence-electron chi connectivity index (χ0n) is 56.9. The van der Waals surface area contributed by atoms with Gasteiger partial charge in [-0.3, -0.25) is 57.5 Å². The van der Waals surface area contributed by atoms with Crippen molar-refractivity contribution in [3.63, 3.8) is 0 Å². The van der Waals surface area contributed by atoms with Gasteiger partial charge < -0.3 is 103 Å². The van der Waals surface area contributed by atoms with Gasteiger partial charge in [-0.1, -0.05) is 108 Å². The van der Waals surface area contributed by atoms with E-state index in [4.69, 9.17) is 28.7 Å². The highest BCUT2D eigenvalue weighted by atomic mass is 16.3. The van der Waals surface area contributed by atoms with E-state index in [9.17, 15) is 67.7 Å². The number of hydrogen-bond donors (Lipinski definition) is 19. The van der Waals surface area contributed by atoms with Crippen LogP contribution in [0.2, 0.25) is 0 Å². The van der Waals surface area contributed by atoms with E-state index in [1.54, 1.807) is 68.4 Å². The molecule has 24 N–H and O–H groups in total. The molecule has 0 aliphatic carbocycles. The van der Waals surface area contributed by atoms with Gasteiger partial charge in [0.25, 0.3) is 0 Å². The van der Waals surface area contributed by atoms with E-state index in [0.29, 0.717) is 23.2 Å². The molecule has 12 amide bonds. The van der Waals surface area contributed by atoms with Crippen molar-refractivity contribution in [2.24, 2.45) is 34.6 Å². The number of aliphatic hydroxyl groups excluding tert-OH is 2. The second-order valence-corrected chi connectivity index (χ2v) is 24.9. The lowest BCUT2D eigenvalue weighted by Gasteiger charge is -2.29. The Bertz CT molecular complexity index is 2830. The van der Waals surface area contributed by atoms with Crippen LogP contribution in [0.3, 0.4) is 0 Å². The molecule has 1 saturated heterocycles. The number of carbonyl (C=O) groups is 12. The van der Waals surface area contributed by atoms with E-state index in [1.165, 1.54) is 39.5 Å². The maximum atomic E-state index is 14.6. The van der Waals surface area contributed by atoms with Gasteiger partial charge in [-0.2, -0.15) is 0 Å². The zero-order valence-corrected chi connectivity index (χ0v) is 56.9. The van der Waals surface area contributed by atoms with E-state index >= 15 is 0 Å². The van der Waals surface area contributed by atoms with Crippen molar-refractivity contribution in [2.75, 3.05) is 44.6 Å². The third kappa shape index (κ3) is 30.8. The molecule has 0 bridgehead atoms. The van der Waals surface area contributed by atoms with Gasteiger partial charge in [0.15, 0.2) is 0 Å². The summed E-state index contributed by atoms with van der Waals surface area (Å²) in [4.78, 5) is 168. The fourth-order valence-electron chi connectivity index (χ4n) is 10.7. The molecule has 542 valence electrons. The van der Waals surface area contributed by atoms with Crippen molar-refractivity contribution in [2.45, 2.75) is 223 Å². The van der Waals surface area contributed by atoms with E-state index < -0.39 is 151 Å². The molecule has 0 saturated carbocycles. The number of rotatable bonds is 35. The van der Waals surface area contributed by atoms with Crippen LogP contribution in [0.1, 0.15) is 148 Å². The Labute approximate surface area is 568 Å². The van der Waals surface area contributed by atoms with Gasteiger partial charge in [0.1, 0.15) is 60.4 Å². The summed E-state index contributed by atoms with van der Waals surface area (Å²) in [7, 11) is 0. The summed E-state index contributed by atoms with van der Waals surface area (Å²) in [6, 6.07) is 0.00498. The summed E-state index contributed by atoms with van der Waals surface area (Å²) in [6.07, 6.45) is 4.23. The maximum Gasteiger partial charge on any atom is 0.245 e. The van der Waals surface area contributed by atoms with Crippen molar-refractivity contribution in [3.8, 4) is 0 Å². The molecule has 1 aliphatic rings. The van der Waals surface area contributed by atoms with Crippen molar-refractivity contribution in [1.29, 1.82) is 0 Å². The molecule has 1 aliphatic heterocycles. The van der Waals surface area contributed by atoms with E-state index in [2.05, 4.69) is 70.7 Å². The van der Waals surface area contributed by atoms with Crippen molar-refractivity contribution < 1.29 is 67.7 Å².